The van der Waals surface area contributed by atoms with E-state index in [9.17, 15) is 22.8 Å². The third kappa shape index (κ3) is 5.43. The van der Waals surface area contributed by atoms with Crippen LogP contribution in [0, 0.1) is 6.92 Å². The average molecular weight is 417 g/mol. The first kappa shape index (κ1) is 22.6. The normalized spacial score (nSPS) is 20.9. The number of carboxylic acids is 1. The largest absolute Gasteiger partial charge is 0.490 e. The van der Waals surface area contributed by atoms with Gasteiger partial charge in [-0.05, 0) is 25.0 Å². The fourth-order valence-corrected chi connectivity index (χ4v) is 3.50. The Hall–Kier alpha value is -2.69. The Kier molecular flexibility index (Phi) is 7.17. The maximum atomic E-state index is 12.7. The molecule has 0 spiro atoms. The molecule has 1 N–H and O–H groups in total. The maximum absolute atomic E-state index is 12.7. The van der Waals surface area contributed by atoms with Gasteiger partial charge in [-0.25, -0.2) is 4.79 Å². The summed E-state index contributed by atoms with van der Waals surface area (Å²) in [6.45, 7) is 3.75. The van der Waals surface area contributed by atoms with E-state index in [2.05, 4.69) is 4.98 Å². The van der Waals surface area contributed by atoms with Gasteiger partial charge in [0.15, 0.2) is 0 Å². The van der Waals surface area contributed by atoms with Crippen LogP contribution in [0.15, 0.2) is 18.5 Å². The Morgan fingerprint density at radius 3 is 2.52 bits per heavy atom. The number of likely N-dealkylation sites (tertiary alicyclic amines) is 2. The number of halogens is 3. The second-order valence-corrected chi connectivity index (χ2v) is 6.76. The summed E-state index contributed by atoms with van der Waals surface area (Å²) in [5, 5.41) is 7.12. The lowest BCUT2D eigenvalue weighted by atomic mass is 10.1. The molecular formula is C18H22F3N3O5. The van der Waals surface area contributed by atoms with Gasteiger partial charge in [-0.1, -0.05) is 0 Å². The standard InChI is InChI=1S/C16H21N3O3.C2HF3O2/c1-11-7-12(10-17-9-11)16(21)19-4-3-13-14(19)8-15(20)18(13)5-6-22-2;3-2(4,5)1(6)7/h7,9-10,13-14H,3-6,8H2,1-2H3;(H,6,7)/t13-,14-;/m1./s1. The van der Waals surface area contributed by atoms with E-state index in [1.54, 1.807) is 19.5 Å². The number of nitrogens with zero attached hydrogens (tertiary/aromatic N) is 3. The van der Waals surface area contributed by atoms with Gasteiger partial charge >= 0.3 is 12.1 Å². The van der Waals surface area contributed by atoms with Crippen LogP contribution in [0.25, 0.3) is 0 Å². The molecule has 11 heteroatoms. The minimum absolute atomic E-state index is 0.0163. The minimum Gasteiger partial charge on any atom is -0.475 e. The third-order valence-corrected chi connectivity index (χ3v) is 4.78. The minimum atomic E-state index is -5.08. The first-order valence-electron chi connectivity index (χ1n) is 8.87. The molecule has 0 saturated carbocycles. The van der Waals surface area contributed by atoms with Crippen molar-refractivity contribution in [1.82, 2.24) is 14.8 Å². The number of pyridine rings is 1. The Morgan fingerprint density at radius 1 is 1.31 bits per heavy atom. The summed E-state index contributed by atoms with van der Waals surface area (Å²) >= 11 is 0. The highest BCUT2D eigenvalue weighted by Gasteiger charge is 2.48. The topological polar surface area (TPSA) is 100 Å². The zero-order valence-electron chi connectivity index (χ0n) is 16.0. The highest BCUT2D eigenvalue weighted by atomic mass is 19.4. The van der Waals surface area contributed by atoms with Crippen molar-refractivity contribution in [2.75, 3.05) is 26.8 Å². The van der Waals surface area contributed by atoms with Crippen molar-refractivity contribution in [3.63, 3.8) is 0 Å². The Bertz CT molecular complexity index is 771. The van der Waals surface area contributed by atoms with Crippen molar-refractivity contribution in [2.24, 2.45) is 0 Å². The van der Waals surface area contributed by atoms with Crippen LogP contribution in [0.2, 0.25) is 0 Å². The molecule has 8 nitrogen and oxygen atoms in total. The van der Waals surface area contributed by atoms with Crippen LogP contribution in [-0.2, 0) is 14.3 Å². The fraction of sp³-hybridized carbons (Fsp3) is 0.556. The lowest BCUT2D eigenvalue weighted by Crippen LogP contribution is -2.40. The van der Waals surface area contributed by atoms with Gasteiger partial charge in [0.05, 0.1) is 24.3 Å². The van der Waals surface area contributed by atoms with Crippen LogP contribution in [0.3, 0.4) is 0 Å². The molecule has 0 aliphatic carbocycles. The van der Waals surface area contributed by atoms with Crippen LogP contribution in [0.5, 0.6) is 0 Å². The Balaban J connectivity index is 0.000000370. The number of aliphatic carboxylic acids is 1. The molecule has 2 fully saturated rings. The summed E-state index contributed by atoms with van der Waals surface area (Å²) in [5.74, 6) is -2.66. The number of ether oxygens (including phenoxy) is 1. The zero-order valence-corrected chi connectivity index (χ0v) is 16.0. The summed E-state index contributed by atoms with van der Waals surface area (Å²) in [4.78, 5) is 41.6. The smallest absolute Gasteiger partial charge is 0.475 e. The molecule has 3 heterocycles. The predicted octanol–water partition coefficient (Wildman–Crippen LogP) is 1.49. The molecule has 0 unspecified atom stereocenters. The van der Waals surface area contributed by atoms with E-state index in [0.29, 0.717) is 31.7 Å². The number of methoxy groups -OCH3 is 1. The Labute approximate surface area is 165 Å². The Morgan fingerprint density at radius 2 is 1.97 bits per heavy atom. The zero-order chi connectivity index (χ0) is 21.8. The van der Waals surface area contributed by atoms with E-state index in [-0.39, 0.29) is 23.9 Å². The third-order valence-electron chi connectivity index (χ3n) is 4.78. The molecule has 3 rings (SSSR count). The van der Waals surface area contributed by atoms with Gasteiger partial charge in [0.25, 0.3) is 5.91 Å². The van der Waals surface area contributed by atoms with Gasteiger partial charge in [0, 0.05) is 39.0 Å². The lowest BCUT2D eigenvalue weighted by molar-refractivity contribution is -0.192. The first-order chi connectivity index (χ1) is 13.6. The van der Waals surface area contributed by atoms with E-state index < -0.39 is 12.1 Å². The second-order valence-electron chi connectivity index (χ2n) is 6.76. The highest BCUT2D eigenvalue weighted by Crippen LogP contribution is 2.33. The van der Waals surface area contributed by atoms with Gasteiger partial charge in [-0.3, -0.25) is 14.6 Å². The van der Waals surface area contributed by atoms with Crippen molar-refractivity contribution >= 4 is 17.8 Å². The molecular weight excluding hydrogens is 395 g/mol. The molecule has 2 aliphatic rings. The molecule has 1 aromatic rings. The number of aryl methyl sites for hydroxylation is 1. The van der Waals surface area contributed by atoms with E-state index in [0.717, 1.165) is 12.0 Å². The van der Waals surface area contributed by atoms with Crippen molar-refractivity contribution in [2.45, 2.75) is 38.0 Å². The highest BCUT2D eigenvalue weighted by molar-refractivity contribution is 5.95. The SMILES string of the molecule is COCCN1C(=O)C[C@@H]2[C@H]1CCN2C(=O)c1cncc(C)c1.O=C(O)C(F)(F)F. The van der Waals surface area contributed by atoms with Gasteiger partial charge in [-0.15, -0.1) is 0 Å². The van der Waals surface area contributed by atoms with Crippen molar-refractivity contribution in [1.29, 1.82) is 0 Å². The number of amides is 2. The van der Waals surface area contributed by atoms with E-state index in [1.165, 1.54) is 0 Å². The number of hydrogen-bond acceptors (Lipinski definition) is 5. The van der Waals surface area contributed by atoms with Gasteiger partial charge < -0.3 is 19.6 Å². The molecule has 2 atom stereocenters. The van der Waals surface area contributed by atoms with Crippen molar-refractivity contribution in [3.8, 4) is 0 Å². The maximum Gasteiger partial charge on any atom is 0.490 e. The van der Waals surface area contributed by atoms with Crippen LogP contribution in [0.4, 0.5) is 13.2 Å². The predicted molar refractivity (Wildman–Crippen MR) is 94.1 cm³/mol. The lowest BCUT2D eigenvalue weighted by Gasteiger charge is -2.25. The van der Waals surface area contributed by atoms with Crippen LogP contribution >= 0.6 is 0 Å². The molecule has 1 aromatic heterocycles. The first-order valence-corrected chi connectivity index (χ1v) is 8.87. The summed E-state index contributed by atoms with van der Waals surface area (Å²) in [6, 6.07) is 1.96. The van der Waals surface area contributed by atoms with Crippen LogP contribution in [-0.4, -0.2) is 82.7 Å². The monoisotopic (exact) mass is 417 g/mol. The fourth-order valence-electron chi connectivity index (χ4n) is 3.50. The molecule has 2 saturated heterocycles. The number of alkyl halides is 3. The summed E-state index contributed by atoms with van der Waals surface area (Å²) in [6.07, 6.45) is -0.498. The van der Waals surface area contributed by atoms with Crippen LogP contribution < -0.4 is 0 Å². The van der Waals surface area contributed by atoms with E-state index in [4.69, 9.17) is 14.6 Å². The van der Waals surface area contributed by atoms with E-state index >= 15 is 0 Å². The second kappa shape index (κ2) is 9.21. The summed E-state index contributed by atoms with van der Waals surface area (Å²) < 4.78 is 36.8. The number of carbonyl (C=O) groups excluding carboxylic acids is 2. The van der Waals surface area contributed by atoms with Gasteiger partial charge in [0.2, 0.25) is 5.91 Å². The summed E-state index contributed by atoms with van der Waals surface area (Å²) in [7, 11) is 1.63. The van der Waals surface area contributed by atoms with Gasteiger partial charge in [0.1, 0.15) is 0 Å². The van der Waals surface area contributed by atoms with Crippen molar-refractivity contribution in [3.05, 3.63) is 29.6 Å². The van der Waals surface area contributed by atoms with E-state index in [1.807, 2.05) is 22.8 Å². The number of carbonyl (C=O) groups is 3. The molecule has 29 heavy (non-hydrogen) atoms. The van der Waals surface area contributed by atoms with Crippen LogP contribution in [0.1, 0.15) is 28.8 Å². The molecule has 0 aromatic carbocycles. The quantitative estimate of drug-likeness (QED) is 0.797. The number of fused-ring (bicyclic) bond motifs is 1. The molecule has 0 bridgehead atoms. The molecule has 2 aliphatic heterocycles. The average Bonchev–Trinajstić information content (AvgIpc) is 3.17. The number of rotatable bonds is 4. The summed E-state index contributed by atoms with van der Waals surface area (Å²) in [5.41, 5.74) is 1.56. The van der Waals surface area contributed by atoms with Crippen molar-refractivity contribution < 1.29 is 37.4 Å². The number of hydrogen-bond donors (Lipinski definition) is 1. The molecule has 0 radical (unpaired) electrons. The number of carboxylic acid groups (broad SMARTS) is 1. The molecule has 160 valence electrons. The van der Waals surface area contributed by atoms with Gasteiger partial charge in [-0.2, -0.15) is 13.2 Å². The molecule has 2 amide bonds. The number of aromatic nitrogens is 1.